The van der Waals surface area contributed by atoms with Crippen LogP contribution in [0, 0.1) is 5.92 Å². The summed E-state index contributed by atoms with van der Waals surface area (Å²) in [5.74, 6) is -0.0390. The molecule has 1 aliphatic heterocycles. The van der Waals surface area contributed by atoms with E-state index in [9.17, 15) is 4.79 Å². The Hall–Kier alpha value is -1.60. The van der Waals surface area contributed by atoms with Gasteiger partial charge in [0.1, 0.15) is 11.3 Å². The monoisotopic (exact) mass is 321 g/mol. The van der Waals surface area contributed by atoms with Crippen molar-refractivity contribution in [1.82, 2.24) is 14.5 Å². The molecule has 2 aromatic heterocycles. The summed E-state index contributed by atoms with van der Waals surface area (Å²) in [6.45, 7) is 3.51. The van der Waals surface area contributed by atoms with Crippen molar-refractivity contribution >= 4 is 28.8 Å². The highest BCUT2D eigenvalue weighted by molar-refractivity contribution is 7.98. The molecule has 0 aliphatic carbocycles. The maximum atomic E-state index is 12.2. The largest absolute Gasteiger partial charge is 0.464 e. The second kappa shape index (κ2) is 6.26. The summed E-state index contributed by atoms with van der Waals surface area (Å²) in [6, 6.07) is 1.98. The number of carbonyl (C=O) groups is 1. The maximum absolute atomic E-state index is 12.2. The van der Waals surface area contributed by atoms with Crippen LogP contribution in [0.15, 0.2) is 17.4 Å². The van der Waals surface area contributed by atoms with E-state index in [4.69, 9.17) is 9.47 Å². The third-order valence-electron chi connectivity index (χ3n) is 4.06. The van der Waals surface area contributed by atoms with Crippen molar-refractivity contribution < 1.29 is 14.3 Å². The second-order valence-corrected chi connectivity index (χ2v) is 6.21. The number of fused-ring (bicyclic) bond motifs is 1. The molecule has 1 aliphatic rings. The van der Waals surface area contributed by atoms with E-state index in [0.29, 0.717) is 30.0 Å². The van der Waals surface area contributed by atoms with Crippen LogP contribution in [0.5, 0.6) is 0 Å². The third kappa shape index (κ3) is 2.59. The van der Waals surface area contributed by atoms with E-state index in [1.165, 1.54) is 18.9 Å². The topological polar surface area (TPSA) is 66.2 Å². The van der Waals surface area contributed by atoms with Crippen LogP contribution in [0.2, 0.25) is 0 Å². The molecule has 7 heteroatoms. The van der Waals surface area contributed by atoms with Gasteiger partial charge < -0.3 is 14.0 Å². The van der Waals surface area contributed by atoms with Crippen molar-refractivity contribution in [3.8, 4) is 0 Å². The Bertz CT molecular complexity index is 701. The van der Waals surface area contributed by atoms with Gasteiger partial charge >= 0.3 is 5.97 Å². The molecule has 0 bridgehead atoms. The smallest absolute Gasteiger partial charge is 0.354 e. The average Bonchev–Trinajstić information content (AvgIpc) is 2.92. The number of esters is 1. The van der Waals surface area contributed by atoms with Crippen LogP contribution in [0.4, 0.5) is 0 Å². The Morgan fingerprint density at radius 3 is 3.05 bits per heavy atom. The summed E-state index contributed by atoms with van der Waals surface area (Å²) >= 11 is 1.49. The lowest BCUT2D eigenvalue weighted by Crippen LogP contribution is -2.30. The number of rotatable bonds is 3. The zero-order valence-electron chi connectivity index (χ0n) is 12.9. The van der Waals surface area contributed by atoms with Crippen LogP contribution in [0.1, 0.15) is 29.9 Å². The Kier molecular flexibility index (Phi) is 4.35. The number of carbonyl (C=O) groups excluding carboxylic acids is 1. The fraction of sp³-hybridized carbons (Fsp3) is 0.533. The minimum atomic E-state index is -0.345. The molecular weight excluding hydrogens is 302 g/mol. The molecule has 0 saturated carbocycles. The Morgan fingerprint density at radius 2 is 2.36 bits per heavy atom. The van der Waals surface area contributed by atoms with Crippen molar-refractivity contribution in [3.05, 3.63) is 18.0 Å². The number of nitrogens with zero attached hydrogens (tertiary/aromatic N) is 3. The van der Waals surface area contributed by atoms with Gasteiger partial charge in [0.25, 0.3) is 0 Å². The van der Waals surface area contributed by atoms with Gasteiger partial charge in [-0.1, -0.05) is 18.7 Å². The van der Waals surface area contributed by atoms with E-state index in [1.54, 1.807) is 6.20 Å². The van der Waals surface area contributed by atoms with Gasteiger partial charge in [-0.3, -0.25) is 0 Å². The van der Waals surface area contributed by atoms with E-state index < -0.39 is 0 Å². The summed E-state index contributed by atoms with van der Waals surface area (Å²) in [5, 5.41) is 1.56. The highest BCUT2D eigenvalue weighted by Crippen LogP contribution is 2.33. The van der Waals surface area contributed by atoms with Crippen LogP contribution >= 0.6 is 11.8 Å². The van der Waals surface area contributed by atoms with Gasteiger partial charge in [-0.05, 0) is 18.7 Å². The predicted molar refractivity (Wildman–Crippen MR) is 84.3 cm³/mol. The fourth-order valence-corrected chi connectivity index (χ4v) is 3.28. The lowest BCUT2D eigenvalue weighted by atomic mass is 9.97. The maximum Gasteiger partial charge on any atom is 0.354 e. The van der Waals surface area contributed by atoms with Gasteiger partial charge in [-0.2, -0.15) is 0 Å². The van der Waals surface area contributed by atoms with E-state index in [-0.39, 0.29) is 12.0 Å². The third-order valence-corrected chi connectivity index (χ3v) is 4.62. The van der Waals surface area contributed by atoms with Gasteiger partial charge in [0.05, 0.1) is 13.7 Å². The SMILES string of the molecule is COC(=O)c1cc2cnc(SC)nc2n1[C@@H]1CCOC[C@@H]1C. The van der Waals surface area contributed by atoms with Gasteiger partial charge in [-0.15, -0.1) is 0 Å². The summed E-state index contributed by atoms with van der Waals surface area (Å²) in [5.41, 5.74) is 1.32. The average molecular weight is 321 g/mol. The lowest BCUT2D eigenvalue weighted by Gasteiger charge is -2.31. The van der Waals surface area contributed by atoms with Crippen LogP contribution in [-0.2, 0) is 9.47 Å². The van der Waals surface area contributed by atoms with E-state index >= 15 is 0 Å². The first-order valence-corrected chi connectivity index (χ1v) is 8.46. The molecule has 22 heavy (non-hydrogen) atoms. The molecule has 0 N–H and O–H groups in total. The molecule has 0 unspecified atom stereocenters. The molecule has 1 saturated heterocycles. The highest BCUT2D eigenvalue weighted by Gasteiger charge is 2.29. The summed E-state index contributed by atoms with van der Waals surface area (Å²) in [6.07, 6.45) is 4.56. The molecular formula is C15H19N3O3S. The number of methoxy groups -OCH3 is 1. The number of aromatic nitrogens is 3. The van der Waals surface area contributed by atoms with Gasteiger partial charge in [-0.25, -0.2) is 14.8 Å². The zero-order valence-corrected chi connectivity index (χ0v) is 13.7. The quantitative estimate of drug-likeness (QED) is 0.492. The molecule has 2 aromatic rings. The van der Waals surface area contributed by atoms with E-state index in [2.05, 4.69) is 16.9 Å². The minimum Gasteiger partial charge on any atom is -0.464 e. The first-order chi connectivity index (χ1) is 10.7. The number of thioether (sulfide) groups is 1. The molecule has 3 heterocycles. The fourth-order valence-electron chi connectivity index (χ4n) is 2.94. The highest BCUT2D eigenvalue weighted by atomic mass is 32.2. The number of hydrogen-bond donors (Lipinski definition) is 0. The lowest BCUT2D eigenvalue weighted by molar-refractivity contribution is 0.0273. The Labute approximate surface area is 133 Å². The first kappa shape index (κ1) is 15.3. The molecule has 2 atom stereocenters. The van der Waals surface area contributed by atoms with Crippen molar-refractivity contribution in [3.63, 3.8) is 0 Å². The number of ether oxygens (including phenoxy) is 2. The van der Waals surface area contributed by atoms with Crippen LogP contribution < -0.4 is 0 Å². The van der Waals surface area contributed by atoms with Crippen molar-refractivity contribution in [2.75, 3.05) is 26.6 Å². The van der Waals surface area contributed by atoms with Crippen LogP contribution in [0.3, 0.4) is 0 Å². The predicted octanol–water partition coefficient (Wildman–Crippen LogP) is 2.54. The molecule has 1 fully saturated rings. The summed E-state index contributed by atoms with van der Waals surface area (Å²) in [7, 11) is 1.40. The molecule has 0 amide bonds. The summed E-state index contributed by atoms with van der Waals surface area (Å²) in [4.78, 5) is 21.1. The number of hydrogen-bond acceptors (Lipinski definition) is 6. The van der Waals surface area contributed by atoms with Crippen molar-refractivity contribution in [2.45, 2.75) is 24.5 Å². The first-order valence-electron chi connectivity index (χ1n) is 7.23. The van der Waals surface area contributed by atoms with E-state index in [0.717, 1.165) is 17.5 Å². The molecule has 3 rings (SSSR count). The van der Waals surface area contributed by atoms with Crippen molar-refractivity contribution in [2.24, 2.45) is 5.92 Å². The van der Waals surface area contributed by atoms with Gasteiger partial charge in [0.15, 0.2) is 5.16 Å². The van der Waals surface area contributed by atoms with Gasteiger partial charge in [0.2, 0.25) is 0 Å². The van der Waals surface area contributed by atoms with Gasteiger partial charge in [0, 0.05) is 30.1 Å². The Balaban J connectivity index is 2.20. The molecule has 6 nitrogen and oxygen atoms in total. The van der Waals surface area contributed by atoms with Crippen molar-refractivity contribution in [1.29, 1.82) is 0 Å². The van der Waals surface area contributed by atoms with E-state index in [1.807, 2.05) is 16.9 Å². The molecule has 0 aromatic carbocycles. The minimum absolute atomic E-state index is 0.171. The molecule has 0 spiro atoms. The zero-order chi connectivity index (χ0) is 15.7. The summed E-state index contributed by atoms with van der Waals surface area (Å²) < 4.78 is 12.5. The van der Waals surface area contributed by atoms with Crippen LogP contribution in [0.25, 0.3) is 11.0 Å². The standard InChI is InChI=1S/C15H19N3O3S/c1-9-8-21-5-4-11(9)18-12(14(19)20-2)6-10-7-16-15(22-3)17-13(10)18/h6-7,9,11H,4-5,8H2,1-3H3/t9-,11+/m0/s1. The molecule has 0 radical (unpaired) electrons. The second-order valence-electron chi connectivity index (χ2n) is 5.44. The molecule has 118 valence electrons. The Morgan fingerprint density at radius 1 is 1.55 bits per heavy atom. The van der Waals surface area contributed by atoms with Crippen LogP contribution in [-0.4, -0.2) is 47.1 Å². The normalized spacial score (nSPS) is 22.0.